The van der Waals surface area contributed by atoms with Crippen LogP contribution in [0, 0.1) is 5.82 Å². The second-order valence-electron chi connectivity index (χ2n) is 6.24. The lowest BCUT2D eigenvalue weighted by atomic mass is 9.91. The summed E-state index contributed by atoms with van der Waals surface area (Å²) in [5.74, 6) is -0.371. The van der Waals surface area contributed by atoms with E-state index in [4.69, 9.17) is 0 Å². The lowest BCUT2D eigenvalue weighted by Crippen LogP contribution is -2.54. The smallest absolute Gasteiger partial charge is 0.253 e. The van der Waals surface area contributed by atoms with Gasteiger partial charge in [0.25, 0.3) is 5.91 Å². The summed E-state index contributed by atoms with van der Waals surface area (Å²) in [5.41, 5.74) is 1.45. The van der Waals surface area contributed by atoms with E-state index in [0.717, 1.165) is 24.9 Å². The van der Waals surface area contributed by atoms with Crippen LogP contribution in [0.4, 0.5) is 4.39 Å². The fraction of sp³-hybridized carbons (Fsp3) is 0.389. The maximum absolute atomic E-state index is 13.5. The van der Waals surface area contributed by atoms with Gasteiger partial charge in [0.1, 0.15) is 5.82 Å². The lowest BCUT2D eigenvalue weighted by Gasteiger charge is -2.39. The van der Waals surface area contributed by atoms with E-state index in [9.17, 15) is 9.18 Å². The van der Waals surface area contributed by atoms with Crippen molar-refractivity contribution >= 4 is 5.91 Å². The molecule has 3 rings (SSSR count). The number of likely N-dealkylation sites (tertiary alicyclic amines) is 1. The van der Waals surface area contributed by atoms with Gasteiger partial charge in [0.05, 0.1) is 18.0 Å². The molecule has 0 aliphatic carbocycles. The quantitative estimate of drug-likeness (QED) is 0.933. The van der Waals surface area contributed by atoms with Crippen LogP contribution in [0.25, 0.3) is 0 Å². The minimum absolute atomic E-state index is 0.0210. The number of likely N-dealkylation sites (N-methyl/N-ethyl adjacent to an activating group) is 1. The molecule has 0 radical (unpaired) electrons. The third-order valence-corrected chi connectivity index (χ3v) is 4.55. The summed E-state index contributed by atoms with van der Waals surface area (Å²) >= 11 is 0. The summed E-state index contributed by atoms with van der Waals surface area (Å²) in [5, 5.41) is 10.5. The van der Waals surface area contributed by atoms with Crippen LogP contribution < -0.4 is 5.32 Å². The number of piperidine rings is 1. The summed E-state index contributed by atoms with van der Waals surface area (Å²) < 4.78 is 13.5. The molecule has 0 bridgehead atoms. The van der Waals surface area contributed by atoms with Crippen molar-refractivity contribution in [3.63, 3.8) is 0 Å². The minimum atomic E-state index is -0.227. The zero-order valence-corrected chi connectivity index (χ0v) is 13.7. The first kappa shape index (κ1) is 16.5. The molecule has 1 aromatic carbocycles. The summed E-state index contributed by atoms with van der Waals surface area (Å²) in [6.07, 6.45) is 5.60. The predicted octanol–water partition coefficient (Wildman–Crippen LogP) is 2.05. The van der Waals surface area contributed by atoms with E-state index < -0.39 is 0 Å². The molecule has 2 heterocycles. The summed E-state index contributed by atoms with van der Waals surface area (Å²) in [7, 11) is 2.05. The van der Waals surface area contributed by atoms with E-state index in [2.05, 4.69) is 27.5 Å². The standard InChI is InChI=1S/C18H21FN4O/c1-23-9-3-6-16(22-18(24)14-7-8-20-21-12-14)17(23)11-13-4-2-5-15(19)10-13/h2,4-5,7-8,10,12,16-17H,3,6,9,11H2,1H3,(H,22,24)/t16-,17-/m0/s1. The Morgan fingerprint density at radius 2 is 2.25 bits per heavy atom. The Balaban J connectivity index is 1.73. The monoisotopic (exact) mass is 328 g/mol. The molecule has 24 heavy (non-hydrogen) atoms. The topological polar surface area (TPSA) is 58.1 Å². The molecule has 1 aliphatic rings. The minimum Gasteiger partial charge on any atom is -0.348 e. The molecule has 1 fully saturated rings. The van der Waals surface area contributed by atoms with Crippen LogP contribution in [0.5, 0.6) is 0 Å². The SMILES string of the molecule is CN1CCC[C@H](NC(=O)c2ccnnc2)[C@@H]1Cc1cccc(F)c1. The second-order valence-corrected chi connectivity index (χ2v) is 6.24. The number of hydrogen-bond acceptors (Lipinski definition) is 4. The third kappa shape index (κ3) is 3.94. The number of nitrogens with one attached hydrogen (secondary N) is 1. The zero-order valence-electron chi connectivity index (χ0n) is 13.7. The Hall–Kier alpha value is -2.34. The average Bonchev–Trinajstić information content (AvgIpc) is 2.59. The highest BCUT2D eigenvalue weighted by atomic mass is 19.1. The van der Waals surface area contributed by atoms with E-state index in [1.165, 1.54) is 18.5 Å². The number of amides is 1. The Morgan fingerprint density at radius 3 is 3.00 bits per heavy atom. The van der Waals surface area contributed by atoms with Gasteiger partial charge >= 0.3 is 0 Å². The number of carbonyl (C=O) groups is 1. The van der Waals surface area contributed by atoms with Gasteiger partial charge in [-0.1, -0.05) is 12.1 Å². The molecule has 1 aromatic heterocycles. The van der Waals surface area contributed by atoms with Crippen molar-refractivity contribution in [3.8, 4) is 0 Å². The molecule has 0 saturated carbocycles. The number of carbonyl (C=O) groups excluding carboxylic acids is 1. The van der Waals surface area contributed by atoms with Crippen LogP contribution in [0.2, 0.25) is 0 Å². The number of rotatable bonds is 4. The number of nitrogens with zero attached hydrogens (tertiary/aromatic N) is 3. The summed E-state index contributed by atoms with van der Waals surface area (Å²) in [4.78, 5) is 14.7. The summed E-state index contributed by atoms with van der Waals surface area (Å²) in [6, 6.07) is 8.47. The number of halogens is 1. The molecular formula is C18H21FN4O. The van der Waals surface area contributed by atoms with Crippen molar-refractivity contribution in [2.45, 2.75) is 31.3 Å². The average molecular weight is 328 g/mol. The highest BCUT2D eigenvalue weighted by Gasteiger charge is 2.30. The first-order valence-corrected chi connectivity index (χ1v) is 8.16. The maximum Gasteiger partial charge on any atom is 0.253 e. The normalized spacial score (nSPS) is 21.4. The fourth-order valence-electron chi connectivity index (χ4n) is 3.27. The van der Waals surface area contributed by atoms with Gasteiger partial charge in [0.15, 0.2) is 0 Å². The van der Waals surface area contributed by atoms with Gasteiger partial charge in [0, 0.05) is 12.1 Å². The van der Waals surface area contributed by atoms with Crippen molar-refractivity contribution in [3.05, 3.63) is 59.7 Å². The molecular weight excluding hydrogens is 307 g/mol. The van der Waals surface area contributed by atoms with Crippen molar-refractivity contribution in [2.24, 2.45) is 0 Å². The van der Waals surface area contributed by atoms with E-state index in [1.54, 1.807) is 18.2 Å². The van der Waals surface area contributed by atoms with Crippen molar-refractivity contribution in [1.29, 1.82) is 0 Å². The molecule has 1 aliphatic heterocycles. The molecule has 2 aromatic rings. The van der Waals surface area contributed by atoms with E-state index in [1.807, 2.05) is 6.07 Å². The van der Waals surface area contributed by atoms with Crippen molar-refractivity contribution < 1.29 is 9.18 Å². The molecule has 0 spiro atoms. The number of aromatic nitrogens is 2. The van der Waals surface area contributed by atoms with Crippen LogP contribution >= 0.6 is 0 Å². The van der Waals surface area contributed by atoms with Gasteiger partial charge in [-0.2, -0.15) is 10.2 Å². The molecule has 1 saturated heterocycles. The number of hydrogen-bond donors (Lipinski definition) is 1. The maximum atomic E-state index is 13.5. The van der Waals surface area contributed by atoms with Crippen LogP contribution in [0.1, 0.15) is 28.8 Å². The van der Waals surface area contributed by atoms with Crippen molar-refractivity contribution in [2.75, 3.05) is 13.6 Å². The second kappa shape index (κ2) is 7.49. The molecule has 6 heteroatoms. The lowest BCUT2D eigenvalue weighted by molar-refractivity contribution is 0.0851. The Labute approximate surface area is 140 Å². The molecule has 5 nitrogen and oxygen atoms in total. The third-order valence-electron chi connectivity index (χ3n) is 4.55. The fourth-order valence-corrected chi connectivity index (χ4v) is 3.27. The number of benzene rings is 1. The molecule has 1 amide bonds. The molecule has 2 atom stereocenters. The van der Waals surface area contributed by atoms with Gasteiger partial charge in [-0.3, -0.25) is 4.79 Å². The largest absolute Gasteiger partial charge is 0.348 e. The Bertz CT molecular complexity index is 694. The van der Waals surface area contributed by atoms with Gasteiger partial charge in [-0.15, -0.1) is 0 Å². The predicted molar refractivity (Wildman–Crippen MR) is 89.0 cm³/mol. The van der Waals surface area contributed by atoms with Gasteiger partial charge in [0.2, 0.25) is 0 Å². The first-order chi connectivity index (χ1) is 11.6. The van der Waals surface area contributed by atoms with E-state index in [-0.39, 0.29) is 23.8 Å². The van der Waals surface area contributed by atoms with Gasteiger partial charge in [-0.05, 0) is 56.6 Å². The Morgan fingerprint density at radius 1 is 1.38 bits per heavy atom. The zero-order chi connectivity index (χ0) is 16.9. The molecule has 0 unspecified atom stereocenters. The first-order valence-electron chi connectivity index (χ1n) is 8.16. The van der Waals surface area contributed by atoms with Crippen LogP contribution in [0.3, 0.4) is 0 Å². The van der Waals surface area contributed by atoms with Gasteiger partial charge in [-0.25, -0.2) is 4.39 Å². The molecule has 1 N–H and O–H groups in total. The summed E-state index contributed by atoms with van der Waals surface area (Å²) in [6.45, 7) is 0.975. The Kier molecular flexibility index (Phi) is 5.15. The highest BCUT2D eigenvalue weighted by Crippen LogP contribution is 2.21. The van der Waals surface area contributed by atoms with Gasteiger partial charge < -0.3 is 10.2 Å². The van der Waals surface area contributed by atoms with Crippen LogP contribution in [-0.4, -0.2) is 46.7 Å². The van der Waals surface area contributed by atoms with Crippen LogP contribution in [-0.2, 0) is 6.42 Å². The van der Waals surface area contributed by atoms with E-state index in [0.29, 0.717) is 12.0 Å². The van der Waals surface area contributed by atoms with Crippen LogP contribution in [0.15, 0.2) is 42.7 Å². The highest BCUT2D eigenvalue weighted by molar-refractivity contribution is 5.93. The van der Waals surface area contributed by atoms with E-state index >= 15 is 0 Å². The molecule has 126 valence electrons. The van der Waals surface area contributed by atoms with Crippen molar-refractivity contribution in [1.82, 2.24) is 20.4 Å².